The van der Waals surface area contributed by atoms with Crippen LogP contribution >= 0.6 is 0 Å². The zero-order valence-corrected chi connectivity index (χ0v) is 34.8. The van der Waals surface area contributed by atoms with E-state index in [0.717, 1.165) is 77.4 Å². The quantitative estimate of drug-likeness (QED) is 0.0275. The lowest BCUT2D eigenvalue weighted by atomic mass is 10.1. The van der Waals surface area contributed by atoms with Gasteiger partial charge in [0.05, 0.1) is 25.6 Å². The minimum absolute atomic E-state index is 0.0416. The fraction of sp³-hybridized carbons (Fsp3) is 0.905. The van der Waals surface area contributed by atoms with E-state index < -0.39 is 24.3 Å². The van der Waals surface area contributed by atoms with E-state index in [9.17, 15) is 24.3 Å². The monoisotopic (exact) mass is 774 g/mol. The normalized spacial score (nSPS) is 12.3. The maximum absolute atomic E-state index is 12.5. The largest absolute Gasteiger partial charge is 0.508 e. The summed E-state index contributed by atoms with van der Waals surface area (Å²) in [5.74, 6) is -1.64. The molecule has 0 radical (unpaired) electrons. The molecule has 0 rings (SSSR count). The molecule has 318 valence electrons. The van der Waals surface area contributed by atoms with E-state index in [1.54, 1.807) is 0 Å². The topological polar surface area (TPSA) is 147 Å². The van der Waals surface area contributed by atoms with Gasteiger partial charge in [-0.05, 0) is 45.2 Å². The van der Waals surface area contributed by atoms with E-state index >= 15 is 0 Å². The molecule has 12 nitrogen and oxygen atoms in total. The molecule has 0 aliphatic heterocycles. The highest BCUT2D eigenvalue weighted by molar-refractivity contribution is 5.70. The van der Waals surface area contributed by atoms with Crippen molar-refractivity contribution in [3.8, 4) is 0 Å². The van der Waals surface area contributed by atoms with Gasteiger partial charge in [0.1, 0.15) is 19.8 Å². The predicted molar refractivity (Wildman–Crippen MR) is 211 cm³/mol. The van der Waals surface area contributed by atoms with Crippen LogP contribution in [0.3, 0.4) is 0 Å². The van der Waals surface area contributed by atoms with Crippen LogP contribution in [0.15, 0.2) is 0 Å². The molecule has 0 spiro atoms. The SMILES string of the molecule is CCCCCCCCCOC(=O)CCCCCCCC(=O)OCC(COC(=O)CCC(O)OCCCCCCCC)COC(=O)OCCCN(CC)CC. The highest BCUT2D eigenvalue weighted by atomic mass is 16.7. The molecule has 0 heterocycles. The molecule has 0 fully saturated rings. The van der Waals surface area contributed by atoms with E-state index in [-0.39, 0.29) is 57.6 Å². The molecule has 0 saturated heterocycles. The summed E-state index contributed by atoms with van der Waals surface area (Å²) < 4.78 is 32.0. The van der Waals surface area contributed by atoms with Gasteiger partial charge in [-0.1, -0.05) is 118 Å². The summed E-state index contributed by atoms with van der Waals surface area (Å²) in [5.41, 5.74) is 0. The van der Waals surface area contributed by atoms with Crippen LogP contribution in [0.25, 0.3) is 0 Å². The van der Waals surface area contributed by atoms with Crippen molar-refractivity contribution in [1.82, 2.24) is 4.90 Å². The second kappa shape index (κ2) is 38.8. The number of hydrogen-bond acceptors (Lipinski definition) is 12. The van der Waals surface area contributed by atoms with Gasteiger partial charge in [0, 0.05) is 32.4 Å². The Balaban J connectivity index is 4.41. The third kappa shape index (κ3) is 35.3. The van der Waals surface area contributed by atoms with E-state index in [4.69, 9.17) is 28.4 Å². The van der Waals surface area contributed by atoms with Crippen LogP contribution < -0.4 is 0 Å². The molecule has 0 aromatic heterocycles. The molecular weight excluding hydrogens is 694 g/mol. The van der Waals surface area contributed by atoms with Gasteiger partial charge in [0.2, 0.25) is 0 Å². The molecule has 0 aromatic rings. The van der Waals surface area contributed by atoms with Crippen molar-refractivity contribution < 1.29 is 52.7 Å². The molecule has 2 unspecified atom stereocenters. The number of rotatable bonds is 39. The molecule has 12 heteroatoms. The van der Waals surface area contributed by atoms with Gasteiger partial charge in [0.15, 0.2) is 6.29 Å². The van der Waals surface area contributed by atoms with E-state index in [2.05, 4.69) is 32.6 Å². The lowest BCUT2D eigenvalue weighted by molar-refractivity contribution is -0.153. The molecule has 54 heavy (non-hydrogen) atoms. The highest BCUT2D eigenvalue weighted by Crippen LogP contribution is 2.12. The maximum atomic E-state index is 12.5. The van der Waals surface area contributed by atoms with Gasteiger partial charge in [-0.25, -0.2) is 4.79 Å². The molecule has 0 bridgehead atoms. The number of carbonyl (C=O) groups is 4. The molecule has 0 aromatic carbocycles. The van der Waals surface area contributed by atoms with Crippen molar-refractivity contribution in [1.29, 1.82) is 0 Å². The first-order chi connectivity index (χ1) is 26.2. The van der Waals surface area contributed by atoms with Crippen molar-refractivity contribution in [2.75, 3.05) is 59.3 Å². The van der Waals surface area contributed by atoms with E-state index in [1.807, 2.05) is 0 Å². The van der Waals surface area contributed by atoms with E-state index in [0.29, 0.717) is 32.5 Å². The molecular formula is C42H79NO11. The zero-order chi connectivity index (χ0) is 39.9. The summed E-state index contributed by atoms with van der Waals surface area (Å²) in [4.78, 5) is 51.3. The van der Waals surface area contributed by atoms with Crippen LogP contribution in [0.2, 0.25) is 0 Å². The van der Waals surface area contributed by atoms with Gasteiger partial charge in [-0.15, -0.1) is 0 Å². The Kier molecular flexibility index (Phi) is 37.1. The minimum Gasteiger partial charge on any atom is -0.466 e. The van der Waals surface area contributed by atoms with Crippen molar-refractivity contribution in [3.63, 3.8) is 0 Å². The predicted octanol–water partition coefficient (Wildman–Crippen LogP) is 9.07. The van der Waals surface area contributed by atoms with Crippen molar-refractivity contribution in [3.05, 3.63) is 0 Å². The summed E-state index contributed by atoms with van der Waals surface area (Å²) in [7, 11) is 0. The van der Waals surface area contributed by atoms with Crippen LogP contribution in [0, 0.1) is 5.92 Å². The highest BCUT2D eigenvalue weighted by Gasteiger charge is 2.19. The Morgan fingerprint density at radius 3 is 1.48 bits per heavy atom. The van der Waals surface area contributed by atoms with Crippen LogP contribution in [-0.2, 0) is 42.8 Å². The van der Waals surface area contributed by atoms with Crippen molar-refractivity contribution in [2.45, 2.75) is 182 Å². The van der Waals surface area contributed by atoms with Crippen LogP contribution in [-0.4, -0.2) is 99.6 Å². The third-order valence-electron chi connectivity index (χ3n) is 9.31. The molecule has 0 aliphatic rings. The Morgan fingerprint density at radius 2 is 0.926 bits per heavy atom. The summed E-state index contributed by atoms with van der Waals surface area (Å²) >= 11 is 0. The number of unbranched alkanes of at least 4 members (excludes halogenated alkanes) is 15. The van der Waals surface area contributed by atoms with Gasteiger partial charge in [-0.2, -0.15) is 0 Å². The standard InChI is InChI=1S/C42H79NO11/c1-5-9-11-13-15-20-24-31-49-38(44)26-21-17-16-18-22-27-39(45)52-34-37(36-54-42(48)51-33-25-30-43(7-3)8-4)35-53-41(47)29-28-40(46)50-32-23-19-14-12-10-6-2/h37,40,46H,5-36H2,1-4H3. The number of ether oxygens (including phenoxy) is 6. The summed E-state index contributed by atoms with van der Waals surface area (Å²) in [6.07, 6.45) is 18.6. The molecule has 0 aliphatic carbocycles. The lowest BCUT2D eigenvalue weighted by Gasteiger charge is -2.19. The zero-order valence-electron chi connectivity index (χ0n) is 34.8. The summed E-state index contributed by atoms with van der Waals surface area (Å²) in [6, 6.07) is 0. The average molecular weight is 774 g/mol. The van der Waals surface area contributed by atoms with Crippen molar-refractivity contribution >= 4 is 24.1 Å². The van der Waals surface area contributed by atoms with Crippen molar-refractivity contribution in [2.24, 2.45) is 5.92 Å². The molecule has 0 amide bonds. The smallest absolute Gasteiger partial charge is 0.466 e. The Morgan fingerprint density at radius 1 is 0.481 bits per heavy atom. The first-order valence-corrected chi connectivity index (χ1v) is 21.5. The number of esters is 3. The first-order valence-electron chi connectivity index (χ1n) is 21.5. The lowest BCUT2D eigenvalue weighted by Crippen LogP contribution is -2.27. The van der Waals surface area contributed by atoms with Gasteiger partial charge >= 0.3 is 24.1 Å². The van der Waals surface area contributed by atoms with Gasteiger partial charge in [-0.3, -0.25) is 14.4 Å². The van der Waals surface area contributed by atoms with Crippen LogP contribution in [0.4, 0.5) is 4.79 Å². The van der Waals surface area contributed by atoms with Gasteiger partial charge in [0.25, 0.3) is 0 Å². The molecule has 2 atom stereocenters. The van der Waals surface area contributed by atoms with Crippen LogP contribution in [0.5, 0.6) is 0 Å². The number of aliphatic hydroxyl groups excluding tert-OH is 1. The Hall–Kier alpha value is -2.44. The second-order valence-corrected chi connectivity index (χ2v) is 14.3. The number of nitrogens with zero attached hydrogens (tertiary/aromatic N) is 1. The fourth-order valence-electron chi connectivity index (χ4n) is 5.73. The Bertz CT molecular complexity index is 899. The second-order valence-electron chi connectivity index (χ2n) is 14.3. The Labute approximate surface area is 328 Å². The summed E-state index contributed by atoms with van der Waals surface area (Å²) in [6.45, 7) is 12.0. The first kappa shape index (κ1) is 51.6. The summed E-state index contributed by atoms with van der Waals surface area (Å²) in [5, 5.41) is 10.1. The number of hydrogen-bond donors (Lipinski definition) is 1. The number of carbonyl (C=O) groups excluding carboxylic acids is 4. The average Bonchev–Trinajstić information content (AvgIpc) is 3.17. The molecule has 0 saturated carbocycles. The minimum atomic E-state index is -1.05. The third-order valence-corrected chi connectivity index (χ3v) is 9.31. The maximum Gasteiger partial charge on any atom is 0.508 e. The van der Waals surface area contributed by atoms with Crippen LogP contribution in [0.1, 0.15) is 175 Å². The van der Waals surface area contributed by atoms with Gasteiger partial charge < -0.3 is 38.4 Å². The number of aliphatic hydroxyl groups is 1. The molecule has 1 N–H and O–H groups in total. The fourth-order valence-corrected chi connectivity index (χ4v) is 5.73. The van der Waals surface area contributed by atoms with E-state index in [1.165, 1.54) is 51.4 Å².